The van der Waals surface area contributed by atoms with Crippen LogP contribution < -0.4 is 0 Å². The normalized spacial score (nSPS) is 50.9. The number of allylic oxidation sites excluding steroid dienone is 1. The average molecular weight is 302 g/mol. The van der Waals surface area contributed by atoms with Crippen LogP contribution in [-0.4, -0.2) is 19.0 Å². The van der Waals surface area contributed by atoms with E-state index in [1.165, 1.54) is 37.7 Å². The summed E-state index contributed by atoms with van der Waals surface area (Å²) in [5.74, 6) is 2.86. The van der Waals surface area contributed by atoms with E-state index in [9.17, 15) is 4.79 Å². The van der Waals surface area contributed by atoms with Crippen LogP contribution in [0.15, 0.2) is 11.6 Å². The van der Waals surface area contributed by atoms with E-state index >= 15 is 0 Å². The van der Waals surface area contributed by atoms with E-state index in [2.05, 4.69) is 13.8 Å². The first-order valence-electron chi connectivity index (χ1n) is 9.26. The molecule has 0 heterocycles. The molecule has 0 N–H and O–H groups in total. The Balaban J connectivity index is 1.67. The van der Waals surface area contributed by atoms with Gasteiger partial charge in [-0.2, -0.15) is 0 Å². The van der Waals surface area contributed by atoms with Crippen molar-refractivity contribution >= 4 is 5.78 Å². The summed E-state index contributed by atoms with van der Waals surface area (Å²) in [5.41, 5.74) is 2.19. The van der Waals surface area contributed by atoms with Crippen molar-refractivity contribution < 1.29 is 9.53 Å². The highest BCUT2D eigenvalue weighted by Crippen LogP contribution is 2.65. The van der Waals surface area contributed by atoms with Crippen LogP contribution in [0.4, 0.5) is 0 Å². The van der Waals surface area contributed by atoms with Crippen molar-refractivity contribution in [1.82, 2.24) is 0 Å². The molecule has 122 valence electrons. The predicted octanol–water partition coefficient (Wildman–Crippen LogP) is 4.53. The molecule has 0 saturated heterocycles. The zero-order valence-corrected chi connectivity index (χ0v) is 14.4. The lowest BCUT2D eigenvalue weighted by Crippen LogP contribution is -2.51. The fourth-order valence-electron chi connectivity index (χ4n) is 6.90. The van der Waals surface area contributed by atoms with Gasteiger partial charge in [-0.15, -0.1) is 0 Å². The van der Waals surface area contributed by atoms with Crippen LogP contribution in [-0.2, 0) is 9.53 Å². The highest BCUT2D eigenvalue weighted by molar-refractivity contribution is 5.91. The Hall–Kier alpha value is -0.630. The van der Waals surface area contributed by atoms with E-state index in [0.717, 1.165) is 37.0 Å². The summed E-state index contributed by atoms with van der Waals surface area (Å²) in [4.78, 5) is 11.8. The summed E-state index contributed by atoms with van der Waals surface area (Å²) in [6.07, 6.45) is 12.1. The summed E-state index contributed by atoms with van der Waals surface area (Å²) >= 11 is 0. The molecule has 0 radical (unpaired) electrons. The average Bonchev–Trinajstić information content (AvgIpc) is 2.84. The number of fused-ring (bicyclic) bond motifs is 5. The van der Waals surface area contributed by atoms with Gasteiger partial charge in [-0.3, -0.25) is 4.79 Å². The third-order valence-corrected chi connectivity index (χ3v) is 8.16. The fourth-order valence-corrected chi connectivity index (χ4v) is 6.90. The molecular weight excluding hydrogens is 272 g/mol. The molecule has 0 bridgehead atoms. The van der Waals surface area contributed by atoms with Crippen LogP contribution in [0.5, 0.6) is 0 Å². The van der Waals surface area contributed by atoms with Crippen molar-refractivity contribution in [3.8, 4) is 0 Å². The molecular formula is C20H30O2. The van der Waals surface area contributed by atoms with E-state index in [0.29, 0.717) is 22.7 Å². The van der Waals surface area contributed by atoms with Gasteiger partial charge in [0, 0.05) is 13.5 Å². The van der Waals surface area contributed by atoms with Gasteiger partial charge in [0.1, 0.15) is 0 Å². The minimum Gasteiger partial charge on any atom is -0.381 e. The van der Waals surface area contributed by atoms with Crippen LogP contribution in [0, 0.1) is 28.6 Å². The minimum atomic E-state index is 0.309. The number of hydrogen-bond donors (Lipinski definition) is 0. The number of ketones is 1. The molecule has 22 heavy (non-hydrogen) atoms. The second-order valence-electron chi connectivity index (χ2n) is 8.82. The van der Waals surface area contributed by atoms with Crippen LogP contribution in [0.25, 0.3) is 0 Å². The summed E-state index contributed by atoms with van der Waals surface area (Å²) in [6, 6.07) is 0. The standard InChI is InChI=1S/C20H30O2/c1-19-10-8-14(21)12-13(19)4-5-15-16-6-7-18(22-3)20(16,2)11-9-17(15)19/h12,15-18H,4-11H2,1-3H3/t15-,16-,17-,18+,19+,20+/m1/s1. The Labute approximate surface area is 134 Å². The van der Waals surface area contributed by atoms with Crippen molar-refractivity contribution in [2.45, 2.75) is 71.3 Å². The van der Waals surface area contributed by atoms with Gasteiger partial charge in [-0.05, 0) is 79.6 Å². The van der Waals surface area contributed by atoms with Gasteiger partial charge in [0.25, 0.3) is 0 Å². The van der Waals surface area contributed by atoms with Crippen molar-refractivity contribution in [2.24, 2.45) is 28.6 Å². The second kappa shape index (κ2) is 4.93. The maximum Gasteiger partial charge on any atom is 0.155 e. The van der Waals surface area contributed by atoms with Crippen molar-refractivity contribution in [3.05, 3.63) is 11.6 Å². The molecule has 0 aromatic carbocycles. The highest BCUT2D eigenvalue weighted by atomic mass is 16.5. The van der Waals surface area contributed by atoms with Gasteiger partial charge < -0.3 is 4.74 Å². The molecule has 0 spiro atoms. The largest absolute Gasteiger partial charge is 0.381 e. The van der Waals surface area contributed by atoms with Crippen LogP contribution >= 0.6 is 0 Å². The van der Waals surface area contributed by atoms with E-state index < -0.39 is 0 Å². The van der Waals surface area contributed by atoms with Crippen LogP contribution in [0.2, 0.25) is 0 Å². The first-order valence-corrected chi connectivity index (χ1v) is 9.26. The van der Waals surface area contributed by atoms with Crippen molar-refractivity contribution in [3.63, 3.8) is 0 Å². The lowest BCUT2D eigenvalue weighted by molar-refractivity contribution is -0.118. The Morgan fingerprint density at radius 1 is 1.05 bits per heavy atom. The summed E-state index contributed by atoms with van der Waals surface area (Å²) < 4.78 is 5.85. The number of methoxy groups -OCH3 is 1. The summed E-state index contributed by atoms with van der Waals surface area (Å²) in [6.45, 7) is 4.96. The summed E-state index contributed by atoms with van der Waals surface area (Å²) in [7, 11) is 1.90. The molecule has 6 atom stereocenters. The van der Waals surface area contributed by atoms with Gasteiger partial charge in [0.05, 0.1) is 6.10 Å². The van der Waals surface area contributed by atoms with Gasteiger partial charge in [0.2, 0.25) is 0 Å². The van der Waals surface area contributed by atoms with Crippen molar-refractivity contribution in [2.75, 3.05) is 7.11 Å². The smallest absolute Gasteiger partial charge is 0.155 e. The molecule has 0 aromatic heterocycles. The number of carbonyl (C=O) groups excluding carboxylic acids is 1. The third-order valence-electron chi connectivity index (χ3n) is 8.16. The second-order valence-corrected chi connectivity index (χ2v) is 8.82. The maximum absolute atomic E-state index is 11.8. The number of ether oxygens (including phenoxy) is 1. The van der Waals surface area contributed by atoms with Crippen LogP contribution in [0.1, 0.15) is 65.2 Å². The van der Waals surface area contributed by atoms with E-state index in [1.54, 1.807) is 0 Å². The quantitative estimate of drug-likeness (QED) is 0.711. The lowest BCUT2D eigenvalue weighted by atomic mass is 9.47. The van der Waals surface area contributed by atoms with E-state index in [1.807, 2.05) is 13.2 Å². The Kier molecular flexibility index (Phi) is 3.35. The molecule has 4 aliphatic rings. The molecule has 2 nitrogen and oxygen atoms in total. The fraction of sp³-hybridized carbons (Fsp3) is 0.850. The number of rotatable bonds is 1. The Morgan fingerprint density at radius 2 is 1.86 bits per heavy atom. The van der Waals surface area contributed by atoms with Crippen LogP contribution in [0.3, 0.4) is 0 Å². The molecule has 0 amide bonds. The maximum atomic E-state index is 11.8. The molecule has 3 fully saturated rings. The SMILES string of the molecule is CO[C@H]1CC[C@@H]2[C@H]3CCC4=CC(=O)CC[C@]4(C)[C@@H]3CC[C@]12C. The monoisotopic (exact) mass is 302 g/mol. The number of hydrogen-bond acceptors (Lipinski definition) is 2. The molecule has 3 saturated carbocycles. The van der Waals surface area contributed by atoms with Gasteiger partial charge in [0.15, 0.2) is 5.78 Å². The topological polar surface area (TPSA) is 26.3 Å². The van der Waals surface area contributed by atoms with Gasteiger partial charge in [-0.1, -0.05) is 19.4 Å². The van der Waals surface area contributed by atoms with Gasteiger partial charge in [-0.25, -0.2) is 0 Å². The van der Waals surface area contributed by atoms with E-state index in [4.69, 9.17) is 4.74 Å². The molecule has 2 heteroatoms. The Bertz CT molecular complexity index is 522. The zero-order valence-electron chi connectivity index (χ0n) is 14.4. The third kappa shape index (κ3) is 1.85. The molecule has 0 aliphatic heterocycles. The zero-order chi connectivity index (χ0) is 15.5. The number of carbonyl (C=O) groups is 1. The minimum absolute atomic E-state index is 0.309. The molecule has 0 aromatic rings. The summed E-state index contributed by atoms with van der Waals surface area (Å²) in [5, 5.41) is 0. The Morgan fingerprint density at radius 3 is 2.64 bits per heavy atom. The first kappa shape index (κ1) is 14.9. The van der Waals surface area contributed by atoms with Gasteiger partial charge >= 0.3 is 0 Å². The molecule has 0 unspecified atom stereocenters. The predicted molar refractivity (Wildman–Crippen MR) is 87.5 cm³/mol. The lowest BCUT2D eigenvalue weighted by Gasteiger charge is -2.57. The van der Waals surface area contributed by atoms with Crippen molar-refractivity contribution in [1.29, 1.82) is 0 Å². The first-order chi connectivity index (χ1) is 10.5. The molecule has 4 rings (SSSR count). The van der Waals surface area contributed by atoms with E-state index in [-0.39, 0.29) is 0 Å². The highest BCUT2D eigenvalue weighted by Gasteiger charge is 2.59. The molecule has 4 aliphatic carbocycles.